The first-order valence-electron chi connectivity index (χ1n) is 8.95. The molecule has 0 spiro atoms. The van der Waals surface area contributed by atoms with Crippen LogP contribution in [0, 0.1) is 0 Å². The van der Waals surface area contributed by atoms with Crippen molar-refractivity contribution in [2.45, 2.75) is 71.6 Å². The zero-order valence-corrected chi connectivity index (χ0v) is 15.1. The first-order chi connectivity index (χ1) is 10.6. The zero-order chi connectivity index (χ0) is 16.2. The highest BCUT2D eigenvalue weighted by molar-refractivity contribution is 5.81. The molecular weight excluding hydrogens is 268 g/mol. The van der Waals surface area contributed by atoms with Crippen LogP contribution in [0.5, 0.6) is 0 Å². The summed E-state index contributed by atoms with van der Waals surface area (Å²) in [5.41, 5.74) is 2.48. The first-order valence-corrected chi connectivity index (χ1v) is 8.95. The lowest BCUT2D eigenvalue weighted by atomic mass is 10.0. The quantitative estimate of drug-likeness (QED) is 0.295. The van der Waals surface area contributed by atoms with Crippen molar-refractivity contribution < 1.29 is 0 Å². The van der Waals surface area contributed by atoms with Gasteiger partial charge in [0.1, 0.15) is 5.84 Å². The maximum atomic E-state index is 4.59. The van der Waals surface area contributed by atoms with Crippen LogP contribution in [0.2, 0.25) is 0 Å². The Morgan fingerprint density at radius 3 is 1.95 bits per heavy atom. The van der Waals surface area contributed by atoms with Gasteiger partial charge in [-0.25, -0.2) is 4.99 Å². The molecule has 2 heteroatoms. The van der Waals surface area contributed by atoms with Gasteiger partial charge in [-0.15, -0.1) is 0 Å². The number of hydrogen-bond donors (Lipinski definition) is 0. The Balaban J connectivity index is 2.21. The smallest absolute Gasteiger partial charge is 0.101 e. The van der Waals surface area contributed by atoms with E-state index in [0.29, 0.717) is 0 Å². The molecule has 0 saturated heterocycles. The Kier molecular flexibility index (Phi) is 9.61. The minimum Gasteiger partial charge on any atom is -0.366 e. The number of aryl methyl sites for hydroxylation is 1. The highest BCUT2D eigenvalue weighted by Crippen LogP contribution is 2.16. The molecule has 0 aliphatic carbocycles. The van der Waals surface area contributed by atoms with Crippen molar-refractivity contribution in [3.63, 3.8) is 0 Å². The average molecular weight is 303 g/mol. The summed E-state index contributed by atoms with van der Waals surface area (Å²) in [5, 5.41) is 0. The van der Waals surface area contributed by atoms with Crippen molar-refractivity contribution in [2.75, 3.05) is 14.1 Å². The molecule has 0 radical (unpaired) electrons. The molecule has 0 unspecified atom stereocenters. The molecule has 0 aliphatic rings. The van der Waals surface area contributed by atoms with Crippen LogP contribution in [0.25, 0.3) is 0 Å². The van der Waals surface area contributed by atoms with Crippen LogP contribution in [0.1, 0.15) is 70.8 Å². The van der Waals surface area contributed by atoms with Crippen molar-refractivity contribution >= 4 is 11.5 Å². The van der Waals surface area contributed by atoms with E-state index in [1.165, 1.54) is 63.4 Å². The van der Waals surface area contributed by atoms with Gasteiger partial charge in [0.05, 0.1) is 5.69 Å². The molecule has 0 bridgehead atoms. The molecule has 22 heavy (non-hydrogen) atoms. The van der Waals surface area contributed by atoms with E-state index >= 15 is 0 Å². The van der Waals surface area contributed by atoms with Gasteiger partial charge >= 0.3 is 0 Å². The van der Waals surface area contributed by atoms with E-state index in [1.54, 1.807) is 0 Å². The largest absolute Gasteiger partial charge is 0.366 e. The second-order valence-electron chi connectivity index (χ2n) is 6.44. The summed E-state index contributed by atoms with van der Waals surface area (Å²) in [6.07, 6.45) is 12.3. The molecule has 124 valence electrons. The lowest BCUT2D eigenvalue weighted by molar-refractivity contribution is 0.575. The summed E-state index contributed by atoms with van der Waals surface area (Å²) in [7, 11) is 4.05. The summed E-state index contributed by atoms with van der Waals surface area (Å²) < 4.78 is 0. The normalized spacial score (nSPS) is 11.7. The van der Waals surface area contributed by atoms with Gasteiger partial charge in [0, 0.05) is 14.1 Å². The van der Waals surface area contributed by atoms with Crippen LogP contribution in [-0.4, -0.2) is 24.8 Å². The molecule has 0 heterocycles. The van der Waals surface area contributed by atoms with Gasteiger partial charge in [-0.3, -0.25) is 0 Å². The van der Waals surface area contributed by atoms with Gasteiger partial charge in [0.15, 0.2) is 0 Å². The molecule has 0 aromatic heterocycles. The third-order valence-electron chi connectivity index (χ3n) is 4.19. The lowest BCUT2D eigenvalue weighted by Gasteiger charge is -2.11. The van der Waals surface area contributed by atoms with Crippen LogP contribution in [-0.2, 0) is 6.42 Å². The summed E-state index contributed by atoms with van der Waals surface area (Å²) in [5.74, 6) is 1.04. The zero-order valence-electron chi connectivity index (χ0n) is 15.1. The highest BCUT2D eigenvalue weighted by Gasteiger charge is 1.97. The molecule has 0 saturated carbocycles. The van der Waals surface area contributed by atoms with Gasteiger partial charge in [-0.2, -0.15) is 0 Å². The summed E-state index contributed by atoms with van der Waals surface area (Å²) in [6, 6.07) is 8.71. The van der Waals surface area contributed by atoms with Crippen molar-refractivity contribution in [1.82, 2.24) is 4.90 Å². The molecule has 1 aromatic carbocycles. The summed E-state index contributed by atoms with van der Waals surface area (Å²) in [4.78, 5) is 6.62. The molecule has 0 atom stereocenters. The minimum absolute atomic E-state index is 1.04. The predicted octanol–water partition coefficient (Wildman–Crippen LogP) is 5.98. The van der Waals surface area contributed by atoms with Crippen LogP contribution in [0.3, 0.4) is 0 Å². The maximum Gasteiger partial charge on any atom is 0.101 e. The Morgan fingerprint density at radius 1 is 0.864 bits per heavy atom. The Hall–Kier alpha value is -1.31. The van der Waals surface area contributed by atoms with E-state index in [1.807, 2.05) is 25.9 Å². The third kappa shape index (κ3) is 8.21. The van der Waals surface area contributed by atoms with Crippen LogP contribution >= 0.6 is 0 Å². The molecular formula is C20H34N2. The third-order valence-corrected chi connectivity index (χ3v) is 4.19. The maximum absolute atomic E-state index is 4.59. The molecule has 0 aliphatic heterocycles. The molecule has 0 fully saturated rings. The van der Waals surface area contributed by atoms with Crippen LogP contribution in [0.15, 0.2) is 29.3 Å². The minimum atomic E-state index is 1.04. The fourth-order valence-corrected chi connectivity index (χ4v) is 2.49. The van der Waals surface area contributed by atoms with E-state index in [4.69, 9.17) is 0 Å². The second-order valence-corrected chi connectivity index (χ2v) is 6.44. The van der Waals surface area contributed by atoms with Crippen molar-refractivity contribution in [1.29, 1.82) is 0 Å². The van der Waals surface area contributed by atoms with Crippen molar-refractivity contribution in [3.8, 4) is 0 Å². The van der Waals surface area contributed by atoms with Gasteiger partial charge in [-0.05, 0) is 37.5 Å². The SMILES string of the molecule is CCCCCCCCCCc1ccc(/N=C(\C)N(C)C)cc1. The van der Waals surface area contributed by atoms with E-state index in [2.05, 4.69) is 36.2 Å². The predicted molar refractivity (Wildman–Crippen MR) is 99.2 cm³/mol. The number of rotatable bonds is 10. The molecule has 1 rings (SSSR count). The van der Waals surface area contributed by atoms with E-state index in [9.17, 15) is 0 Å². The number of aliphatic imine (C=N–C) groups is 1. The van der Waals surface area contributed by atoms with Crippen LogP contribution < -0.4 is 0 Å². The van der Waals surface area contributed by atoms with Gasteiger partial charge in [0.25, 0.3) is 0 Å². The summed E-state index contributed by atoms with van der Waals surface area (Å²) >= 11 is 0. The van der Waals surface area contributed by atoms with E-state index in [-0.39, 0.29) is 0 Å². The second kappa shape index (κ2) is 11.3. The fourth-order valence-electron chi connectivity index (χ4n) is 2.49. The lowest BCUT2D eigenvalue weighted by Crippen LogP contribution is -2.17. The molecule has 0 N–H and O–H groups in total. The van der Waals surface area contributed by atoms with Gasteiger partial charge in [0.2, 0.25) is 0 Å². The first kappa shape index (κ1) is 18.7. The average Bonchev–Trinajstić information content (AvgIpc) is 2.51. The standard InChI is InChI=1S/C20H34N2/c1-5-6-7-8-9-10-11-12-13-19-14-16-20(17-15-19)21-18(2)22(3)4/h14-17H,5-13H2,1-4H3/b21-18+. The number of nitrogens with zero attached hydrogens (tertiary/aromatic N) is 2. The van der Waals surface area contributed by atoms with Crippen molar-refractivity contribution in [2.24, 2.45) is 4.99 Å². The molecule has 0 amide bonds. The van der Waals surface area contributed by atoms with Gasteiger partial charge < -0.3 is 4.90 Å². The number of amidine groups is 1. The number of unbranched alkanes of at least 4 members (excludes halogenated alkanes) is 7. The Labute approximate surface area is 137 Å². The fraction of sp³-hybridized carbons (Fsp3) is 0.650. The number of benzene rings is 1. The van der Waals surface area contributed by atoms with E-state index < -0.39 is 0 Å². The highest BCUT2D eigenvalue weighted by atomic mass is 15.1. The Morgan fingerprint density at radius 2 is 1.41 bits per heavy atom. The molecule has 1 aromatic rings. The monoisotopic (exact) mass is 302 g/mol. The molecule has 2 nitrogen and oxygen atoms in total. The van der Waals surface area contributed by atoms with Crippen molar-refractivity contribution in [3.05, 3.63) is 29.8 Å². The van der Waals surface area contributed by atoms with Crippen LogP contribution in [0.4, 0.5) is 5.69 Å². The number of hydrogen-bond acceptors (Lipinski definition) is 1. The van der Waals surface area contributed by atoms with Gasteiger partial charge in [-0.1, -0.05) is 64.0 Å². The summed E-state index contributed by atoms with van der Waals surface area (Å²) in [6.45, 7) is 4.31. The Bertz CT molecular complexity index is 418. The van der Waals surface area contributed by atoms with E-state index in [0.717, 1.165) is 11.5 Å². The topological polar surface area (TPSA) is 15.6 Å².